The third kappa shape index (κ3) is 5.84. The van der Waals surface area contributed by atoms with Crippen molar-refractivity contribution in [3.63, 3.8) is 0 Å². The van der Waals surface area contributed by atoms with Crippen LogP contribution in [0.1, 0.15) is 41.4 Å². The van der Waals surface area contributed by atoms with Gasteiger partial charge in [-0.15, -0.1) is 0 Å². The third-order valence-corrected chi connectivity index (χ3v) is 5.63. The molecule has 0 saturated carbocycles. The highest BCUT2D eigenvalue weighted by molar-refractivity contribution is 5.94. The van der Waals surface area contributed by atoms with E-state index < -0.39 is 0 Å². The average Bonchev–Trinajstić information content (AvgIpc) is 2.89. The fourth-order valence-corrected chi connectivity index (χ4v) is 3.77. The van der Waals surface area contributed by atoms with Crippen LogP contribution in [0, 0.1) is 0 Å². The van der Waals surface area contributed by atoms with Crippen molar-refractivity contribution in [2.24, 2.45) is 0 Å². The lowest BCUT2D eigenvalue weighted by Crippen LogP contribution is -2.26. The smallest absolute Gasteiger partial charge is 0.251 e. The van der Waals surface area contributed by atoms with E-state index in [9.17, 15) is 4.79 Å². The highest BCUT2D eigenvalue weighted by Gasteiger charge is 2.14. The Bertz CT molecular complexity index is 1210. The molecule has 0 spiro atoms. The van der Waals surface area contributed by atoms with E-state index in [1.165, 1.54) is 0 Å². The molecular formula is C30H29NO3. The molecule has 1 atom stereocenters. The molecule has 0 aliphatic heterocycles. The first kappa shape index (κ1) is 23.1. The Morgan fingerprint density at radius 2 is 1.44 bits per heavy atom. The zero-order chi connectivity index (χ0) is 23.8. The number of benzene rings is 4. The van der Waals surface area contributed by atoms with Crippen LogP contribution in [0.4, 0.5) is 0 Å². The third-order valence-electron chi connectivity index (χ3n) is 5.63. The maximum absolute atomic E-state index is 12.9. The van der Waals surface area contributed by atoms with E-state index in [1.807, 2.05) is 98.8 Å². The van der Waals surface area contributed by atoms with E-state index in [4.69, 9.17) is 9.47 Å². The summed E-state index contributed by atoms with van der Waals surface area (Å²) in [5, 5.41) is 3.07. The molecule has 4 rings (SSSR count). The maximum atomic E-state index is 12.9. The van der Waals surface area contributed by atoms with Crippen LogP contribution in [0.15, 0.2) is 103 Å². The van der Waals surface area contributed by atoms with Crippen LogP contribution in [-0.4, -0.2) is 12.5 Å². The molecule has 0 unspecified atom stereocenters. The first-order chi connectivity index (χ1) is 16.6. The van der Waals surface area contributed by atoms with E-state index in [1.54, 1.807) is 6.07 Å². The lowest BCUT2D eigenvalue weighted by molar-refractivity contribution is 0.0939. The summed E-state index contributed by atoms with van der Waals surface area (Å²) in [7, 11) is 0. The van der Waals surface area contributed by atoms with Gasteiger partial charge < -0.3 is 14.8 Å². The van der Waals surface area contributed by atoms with Gasteiger partial charge in [0.1, 0.15) is 18.1 Å². The molecule has 0 heterocycles. The second-order valence-electron chi connectivity index (χ2n) is 8.04. The zero-order valence-electron chi connectivity index (χ0n) is 19.5. The monoisotopic (exact) mass is 451 g/mol. The molecule has 1 amide bonds. The van der Waals surface area contributed by atoms with Gasteiger partial charge in [0.05, 0.1) is 12.6 Å². The summed E-state index contributed by atoms with van der Waals surface area (Å²) < 4.78 is 11.8. The first-order valence-corrected chi connectivity index (χ1v) is 11.5. The molecule has 0 aromatic heterocycles. The van der Waals surface area contributed by atoms with Crippen molar-refractivity contribution >= 4 is 5.91 Å². The Morgan fingerprint density at radius 3 is 2.12 bits per heavy atom. The van der Waals surface area contributed by atoms with Gasteiger partial charge in [-0.3, -0.25) is 4.79 Å². The van der Waals surface area contributed by atoms with Crippen molar-refractivity contribution < 1.29 is 14.3 Å². The van der Waals surface area contributed by atoms with Crippen molar-refractivity contribution in [2.45, 2.75) is 26.5 Å². The topological polar surface area (TPSA) is 47.6 Å². The van der Waals surface area contributed by atoms with Crippen LogP contribution in [0.5, 0.6) is 11.5 Å². The minimum Gasteiger partial charge on any atom is -0.493 e. The Balaban J connectivity index is 1.46. The van der Waals surface area contributed by atoms with Crippen molar-refractivity contribution in [3.8, 4) is 22.6 Å². The number of carbonyl (C=O) groups is 1. The van der Waals surface area contributed by atoms with Gasteiger partial charge in [0.15, 0.2) is 0 Å². The Kier molecular flexibility index (Phi) is 7.61. The van der Waals surface area contributed by atoms with Crippen molar-refractivity contribution in [3.05, 3.63) is 120 Å². The minimum absolute atomic E-state index is 0.0944. The lowest BCUT2D eigenvalue weighted by Gasteiger charge is -2.16. The van der Waals surface area contributed by atoms with E-state index in [0.717, 1.165) is 33.8 Å². The van der Waals surface area contributed by atoms with Crippen LogP contribution in [-0.2, 0) is 6.61 Å². The molecular weight excluding hydrogens is 422 g/mol. The fraction of sp³-hybridized carbons (Fsp3) is 0.167. The Hall–Kier alpha value is -4.05. The van der Waals surface area contributed by atoms with Crippen LogP contribution in [0.3, 0.4) is 0 Å². The number of hydrogen-bond acceptors (Lipinski definition) is 3. The summed E-state index contributed by atoms with van der Waals surface area (Å²) in [6, 6.07) is 33.5. The molecule has 4 aromatic carbocycles. The molecule has 0 radical (unpaired) electrons. The lowest BCUT2D eigenvalue weighted by atomic mass is 10.1. The Morgan fingerprint density at radius 1 is 0.794 bits per heavy atom. The number of carbonyl (C=O) groups excluding carboxylic acids is 1. The van der Waals surface area contributed by atoms with E-state index >= 15 is 0 Å². The van der Waals surface area contributed by atoms with Gasteiger partial charge in [0.25, 0.3) is 5.91 Å². The molecule has 0 aliphatic rings. The van der Waals surface area contributed by atoms with Crippen LogP contribution >= 0.6 is 0 Å². The maximum Gasteiger partial charge on any atom is 0.251 e. The molecule has 4 aromatic rings. The molecule has 4 nitrogen and oxygen atoms in total. The second kappa shape index (κ2) is 11.2. The van der Waals surface area contributed by atoms with Crippen LogP contribution < -0.4 is 14.8 Å². The van der Waals surface area contributed by atoms with Crippen LogP contribution in [0.2, 0.25) is 0 Å². The number of amides is 1. The standard InChI is InChI=1S/C30H29NO3/c1-3-33-29-19-16-26(30(32)31-22(2)23-10-6-4-7-11-23)20-27(29)21-34-28-17-14-25(15-18-28)24-12-8-5-9-13-24/h4-20,22H,3,21H2,1-2H3,(H,31,32)/t22-/m0/s1. The highest BCUT2D eigenvalue weighted by atomic mass is 16.5. The molecule has 34 heavy (non-hydrogen) atoms. The van der Waals surface area contributed by atoms with E-state index in [0.29, 0.717) is 18.8 Å². The number of hydrogen-bond donors (Lipinski definition) is 1. The van der Waals surface area contributed by atoms with E-state index in [2.05, 4.69) is 17.4 Å². The number of ether oxygens (including phenoxy) is 2. The van der Waals surface area contributed by atoms with Gasteiger partial charge in [0.2, 0.25) is 0 Å². The molecule has 4 heteroatoms. The first-order valence-electron chi connectivity index (χ1n) is 11.5. The summed E-state index contributed by atoms with van der Waals surface area (Å²) in [5.41, 5.74) is 4.76. The quantitative estimate of drug-likeness (QED) is 0.304. The summed E-state index contributed by atoms with van der Waals surface area (Å²) >= 11 is 0. The zero-order valence-corrected chi connectivity index (χ0v) is 19.5. The molecule has 0 aliphatic carbocycles. The van der Waals surface area contributed by atoms with Gasteiger partial charge in [-0.2, -0.15) is 0 Å². The van der Waals surface area contributed by atoms with Crippen LogP contribution in [0.25, 0.3) is 11.1 Å². The summed E-state index contributed by atoms with van der Waals surface area (Å²) in [4.78, 5) is 12.9. The predicted molar refractivity (Wildman–Crippen MR) is 136 cm³/mol. The summed E-state index contributed by atoms with van der Waals surface area (Å²) in [5.74, 6) is 1.35. The summed E-state index contributed by atoms with van der Waals surface area (Å²) in [6.45, 7) is 4.75. The summed E-state index contributed by atoms with van der Waals surface area (Å²) in [6.07, 6.45) is 0. The molecule has 0 bridgehead atoms. The molecule has 0 saturated heterocycles. The highest BCUT2D eigenvalue weighted by Crippen LogP contribution is 2.26. The van der Waals surface area contributed by atoms with Gasteiger partial charge in [-0.25, -0.2) is 0 Å². The van der Waals surface area contributed by atoms with Gasteiger partial charge in [0, 0.05) is 11.1 Å². The van der Waals surface area contributed by atoms with Gasteiger partial charge >= 0.3 is 0 Å². The van der Waals surface area contributed by atoms with Gasteiger partial charge in [-0.05, 0) is 60.9 Å². The number of nitrogens with one attached hydrogen (secondary N) is 1. The molecule has 172 valence electrons. The molecule has 1 N–H and O–H groups in total. The van der Waals surface area contributed by atoms with Crippen molar-refractivity contribution in [1.82, 2.24) is 5.32 Å². The normalized spacial score (nSPS) is 11.5. The SMILES string of the molecule is CCOc1ccc(C(=O)N[C@@H](C)c2ccccc2)cc1COc1ccc(-c2ccccc2)cc1. The number of rotatable bonds is 9. The largest absolute Gasteiger partial charge is 0.493 e. The molecule has 0 fully saturated rings. The fourth-order valence-electron chi connectivity index (χ4n) is 3.77. The minimum atomic E-state index is -0.132. The predicted octanol–water partition coefficient (Wildman–Crippen LogP) is 6.82. The van der Waals surface area contributed by atoms with Crippen molar-refractivity contribution in [2.75, 3.05) is 6.61 Å². The van der Waals surface area contributed by atoms with Gasteiger partial charge in [-0.1, -0.05) is 72.8 Å². The van der Waals surface area contributed by atoms with E-state index in [-0.39, 0.29) is 11.9 Å². The second-order valence-corrected chi connectivity index (χ2v) is 8.04. The Labute approximate surface area is 201 Å². The average molecular weight is 452 g/mol. The van der Waals surface area contributed by atoms with Crippen molar-refractivity contribution in [1.29, 1.82) is 0 Å².